The van der Waals surface area contributed by atoms with Crippen molar-refractivity contribution in [1.82, 2.24) is 0 Å². The number of ketones is 1. The Morgan fingerprint density at radius 1 is 0.926 bits per heavy atom. The largest absolute Gasteiger partial charge is 0.388 e. The van der Waals surface area contributed by atoms with Crippen molar-refractivity contribution in [3.63, 3.8) is 0 Å². The van der Waals surface area contributed by atoms with Crippen molar-refractivity contribution >= 4 is 11.6 Å². The van der Waals surface area contributed by atoms with E-state index in [-0.39, 0.29) is 5.78 Å². The first-order valence-electron chi connectivity index (χ1n) is 10.4. The Morgan fingerprint density at radius 2 is 1.41 bits per heavy atom. The summed E-state index contributed by atoms with van der Waals surface area (Å²) >= 11 is 0. The van der Waals surface area contributed by atoms with E-state index in [0.717, 1.165) is 25.2 Å². The molecule has 0 unspecified atom stereocenters. The van der Waals surface area contributed by atoms with Gasteiger partial charge in [0.25, 0.3) is 0 Å². The van der Waals surface area contributed by atoms with Gasteiger partial charge in [0.05, 0.1) is 5.84 Å². The van der Waals surface area contributed by atoms with Gasteiger partial charge in [-0.25, -0.2) is 0 Å². The molecule has 0 amide bonds. The number of Topliss-reactive ketones (excluding diaryl/α,β-unsaturated/α-hetero) is 1. The minimum atomic E-state index is 0.287. The van der Waals surface area contributed by atoms with Crippen molar-refractivity contribution in [3.8, 4) is 0 Å². The van der Waals surface area contributed by atoms with Crippen LogP contribution in [0.1, 0.15) is 87.1 Å². The fraction of sp³-hybridized carbons (Fsp3) is 0.667. The van der Waals surface area contributed by atoms with Gasteiger partial charge in [0.2, 0.25) is 0 Å². The van der Waals surface area contributed by atoms with Gasteiger partial charge in [0.1, 0.15) is 5.78 Å². The zero-order valence-electron chi connectivity index (χ0n) is 19.4. The highest BCUT2D eigenvalue weighted by atomic mass is 16.1. The van der Waals surface area contributed by atoms with Crippen LogP contribution in [0.15, 0.2) is 30.3 Å². The van der Waals surface area contributed by atoms with E-state index in [1.807, 2.05) is 27.7 Å². The number of carbonyl (C=O) groups is 1. The lowest BCUT2D eigenvalue weighted by atomic mass is 10.0. The van der Waals surface area contributed by atoms with Gasteiger partial charge >= 0.3 is 0 Å². The first-order chi connectivity index (χ1) is 12.5. The third kappa shape index (κ3) is 32.5. The van der Waals surface area contributed by atoms with E-state index < -0.39 is 0 Å². The normalized spacial score (nSPS) is 9.48. The second-order valence-electron chi connectivity index (χ2n) is 7.84. The highest BCUT2D eigenvalue weighted by molar-refractivity contribution is 5.76. The van der Waals surface area contributed by atoms with E-state index in [1.165, 1.54) is 12.0 Å². The third-order valence-electron chi connectivity index (χ3n) is 3.17. The van der Waals surface area contributed by atoms with Gasteiger partial charge in [0, 0.05) is 12.8 Å². The first-order valence-corrected chi connectivity index (χ1v) is 10.4. The topological polar surface area (TPSA) is 66.9 Å². The Balaban J connectivity index is -0.000000311. The molecule has 1 aromatic carbocycles. The van der Waals surface area contributed by atoms with Crippen molar-refractivity contribution in [1.29, 1.82) is 5.41 Å². The van der Waals surface area contributed by atoms with E-state index in [2.05, 4.69) is 58.0 Å². The maximum absolute atomic E-state index is 10.3. The zero-order chi connectivity index (χ0) is 21.8. The van der Waals surface area contributed by atoms with Gasteiger partial charge in [0.15, 0.2) is 0 Å². The molecule has 0 bridgehead atoms. The van der Waals surface area contributed by atoms with Crippen molar-refractivity contribution in [2.45, 2.75) is 88.0 Å². The van der Waals surface area contributed by atoms with Crippen LogP contribution in [0.5, 0.6) is 0 Å². The molecule has 1 aromatic rings. The van der Waals surface area contributed by atoms with Crippen molar-refractivity contribution in [3.05, 3.63) is 35.9 Å². The Kier molecular flexibility index (Phi) is 23.0. The highest BCUT2D eigenvalue weighted by Crippen LogP contribution is 2.06. The monoisotopic (exact) mass is 378 g/mol. The Bertz CT molecular complexity index is 451. The summed E-state index contributed by atoms with van der Waals surface area (Å²) in [7, 11) is 0. The fourth-order valence-corrected chi connectivity index (χ4v) is 2.10. The van der Waals surface area contributed by atoms with Crippen LogP contribution in [0.2, 0.25) is 0 Å². The van der Waals surface area contributed by atoms with E-state index in [1.54, 1.807) is 6.92 Å². The van der Waals surface area contributed by atoms with Gasteiger partial charge in [-0.1, -0.05) is 85.7 Å². The summed E-state index contributed by atoms with van der Waals surface area (Å²) in [5.41, 5.74) is 6.57. The van der Waals surface area contributed by atoms with Crippen molar-refractivity contribution in [2.24, 2.45) is 23.5 Å². The summed E-state index contributed by atoms with van der Waals surface area (Å²) in [4.78, 5) is 10.3. The Hall–Kier alpha value is -1.64. The predicted octanol–water partition coefficient (Wildman–Crippen LogP) is 6.89. The summed E-state index contributed by atoms with van der Waals surface area (Å²) in [5, 5.41) is 6.87. The van der Waals surface area contributed by atoms with Crippen LogP contribution in [0.25, 0.3) is 0 Å². The van der Waals surface area contributed by atoms with E-state index >= 15 is 0 Å². The molecule has 0 spiro atoms. The summed E-state index contributed by atoms with van der Waals surface area (Å²) in [5.74, 6) is 2.55. The third-order valence-corrected chi connectivity index (χ3v) is 3.17. The zero-order valence-corrected chi connectivity index (χ0v) is 19.4. The second-order valence-corrected chi connectivity index (χ2v) is 7.84. The lowest BCUT2D eigenvalue weighted by molar-refractivity contribution is -0.117. The van der Waals surface area contributed by atoms with Gasteiger partial charge in [-0.2, -0.15) is 0 Å². The predicted molar refractivity (Wildman–Crippen MR) is 122 cm³/mol. The summed E-state index contributed by atoms with van der Waals surface area (Å²) in [6.45, 7) is 18.5. The van der Waals surface area contributed by atoms with E-state index in [0.29, 0.717) is 17.7 Å². The summed E-state index contributed by atoms with van der Waals surface area (Å²) in [6.07, 6.45) is 3.70. The molecule has 0 aliphatic rings. The van der Waals surface area contributed by atoms with Crippen LogP contribution < -0.4 is 5.73 Å². The quantitative estimate of drug-likeness (QED) is 0.400. The standard InChI is InChI=1S/C10H14.C6H14N2.C6H12O.C2H6/c1-9(2)8-10-6-4-3-5-7-10;1-5(2)3-4-6(7)8;1-5(2)4-6(3)7;1-2/h3-7,9H,8H2,1-2H3;5H,3-4H2,1-2H3,(H3,7,8);5H,4H2,1-3H3;1-2H3. The number of hydrogen-bond donors (Lipinski definition) is 2. The summed E-state index contributed by atoms with van der Waals surface area (Å²) < 4.78 is 0. The number of amidine groups is 1. The maximum Gasteiger partial charge on any atom is 0.130 e. The second kappa shape index (κ2) is 20.7. The molecule has 0 heterocycles. The molecule has 0 aliphatic heterocycles. The number of nitrogens with one attached hydrogen (secondary N) is 1. The fourth-order valence-electron chi connectivity index (χ4n) is 2.10. The molecule has 158 valence electrons. The van der Waals surface area contributed by atoms with Crippen LogP contribution in [-0.4, -0.2) is 11.6 Å². The molecule has 27 heavy (non-hydrogen) atoms. The number of hydrogen-bond acceptors (Lipinski definition) is 2. The molecule has 0 saturated heterocycles. The van der Waals surface area contributed by atoms with E-state index in [9.17, 15) is 4.79 Å². The maximum atomic E-state index is 10.3. The minimum Gasteiger partial charge on any atom is -0.388 e. The van der Waals surface area contributed by atoms with Gasteiger partial charge in [-0.05, 0) is 43.1 Å². The lowest BCUT2D eigenvalue weighted by Gasteiger charge is -2.02. The SMILES string of the molecule is CC.CC(=O)CC(C)C.CC(C)CCC(=N)N.CC(C)Cc1ccccc1. The molecule has 0 aliphatic carbocycles. The number of carbonyl (C=O) groups excluding carboxylic acids is 1. The average molecular weight is 379 g/mol. The van der Waals surface area contributed by atoms with Crippen LogP contribution in [0.3, 0.4) is 0 Å². The number of nitrogens with two attached hydrogens (primary N) is 1. The lowest BCUT2D eigenvalue weighted by Crippen LogP contribution is -2.09. The van der Waals surface area contributed by atoms with Crippen LogP contribution in [0, 0.1) is 23.2 Å². The molecule has 0 fully saturated rings. The Labute approximate surface area is 169 Å². The minimum absolute atomic E-state index is 0.287. The van der Waals surface area contributed by atoms with Crippen molar-refractivity contribution in [2.75, 3.05) is 0 Å². The van der Waals surface area contributed by atoms with E-state index in [4.69, 9.17) is 11.1 Å². The molecule has 0 radical (unpaired) electrons. The molecule has 0 atom stereocenters. The van der Waals surface area contributed by atoms with Gasteiger partial charge in [-0.3, -0.25) is 5.41 Å². The molecular weight excluding hydrogens is 332 g/mol. The van der Waals surface area contributed by atoms with Crippen LogP contribution in [0.4, 0.5) is 0 Å². The smallest absolute Gasteiger partial charge is 0.130 e. The molecule has 3 heteroatoms. The average Bonchev–Trinajstić information content (AvgIpc) is 2.55. The molecule has 3 N–H and O–H groups in total. The molecular formula is C24H46N2O. The summed E-state index contributed by atoms with van der Waals surface area (Å²) in [6, 6.07) is 10.6. The molecule has 0 saturated carbocycles. The molecule has 1 rings (SSSR count). The van der Waals surface area contributed by atoms with Gasteiger partial charge < -0.3 is 10.5 Å². The van der Waals surface area contributed by atoms with Crippen molar-refractivity contribution < 1.29 is 4.79 Å². The number of rotatable bonds is 7. The van der Waals surface area contributed by atoms with Crippen LogP contribution in [-0.2, 0) is 11.2 Å². The Morgan fingerprint density at radius 3 is 1.63 bits per heavy atom. The molecule has 3 nitrogen and oxygen atoms in total. The van der Waals surface area contributed by atoms with Gasteiger partial charge in [-0.15, -0.1) is 0 Å². The van der Waals surface area contributed by atoms with Crippen LogP contribution >= 0.6 is 0 Å². The first kappa shape index (κ1) is 30.1. The molecule has 0 aromatic heterocycles. The highest BCUT2D eigenvalue weighted by Gasteiger charge is 1.95. The number of benzene rings is 1.